The zero-order chi connectivity index (χ0) is 14.6. The van der Waals surface area contributed by atoms with Crippen LogP contribution >= 0.6 is 0 Å². The molecule has 0 aromatic heterocycles. The highest BCUT2D eigenvalue weighted by Gasteiger charge is 2.47. The van der Waals surface area contributed by atoms with Gasteiger partial charge in [0.2, 0.25) is 5.91 Å². The average molecular weight is 280 g/mol. The van der Waals surface area contributed by atoms with Crippen molar-refractivity contribution in [1.82, 2.24) is 5.32 Å². The van der Waals surface area contributed by atoms with E-state index in [0.29, 0.717) is 17.9 Å². The predicted molar refractivity (Wildman–Crippen MR) is 83.3 cm³/mol. The third-order valence-corrected chi connectivity index (χ3v) is 5.53. The van der Waals surface area contributed by atoms with Crippen LogP contribution in [0.1, 0.15) is 78.1 Å². The summed E-state index contributed by atoms with van der Waals surface area (Å²) in [6, 6.07) is 0.490. The summed E-state index contributed by atoms with van der Waals surface area (Å²) in [5.41, 5.74) is 5.44. The lowest BCUT2D eigenvalue weighted by Crippen LogP contribution is -2.65. The SMILES string of the molecule is CC(C)C1CCCCC1(NC1CCCCCC1)C(N)=O. The number of hydrogen-bond acceptors (Lipinski definition) is 2. The van der Waals surface area contributed by atoms with Crippen molar-refractivity contribution in [2.24, 2.45) is 17.6 Å². The van der Waals surface area contributed by atoms with E-state index in [4.69, 9.17) is 5.73 Å². The molecule has 3 nitrogen and oxygen atoms in total. The second-order valence-electron chi connectivity index (χ2n) is 7.26. The fraction of sp³-hybridized carbons (Fsp3) is 0.941. The van der Waals surface area contributed by atoms with Crippen LogP contribution in [-0.4, -0.2) is 17.5 Å². The van der Waals surface area contributed by atoms with Gasteiger partial charge in [-0.05, 0) is 37.5 Å². The van der Waals surface area contributed by atoms with Crippen molar-refractivity contribution in [1.29, 1.82) is 0 Å². The van der Waals surface area contributed by atoms with Crippen molar-refractivity contribution in [3.63, 3.8) is 0 Å². The number of primary amides is 1. The maximum absolute atomic E-state index is 12.3. The largest absolute Gasteiger partial charge is 0.368 e. The molecule has 0 bridgehead atoms. The number of rotatable bonds is 4. The summed E-state index contributed by atoms with van der Waals surface area (Å²) in [4.78, 5) is 12.3. The molecule has 0 radical (unpaired) electrons. The van der Waals surface area contributed by atoms with Gasteiger partial charge in [0.05, 0.1) is 0 Å². The van der Waals surface area contributed by atoms with E-state index in [-0.39, 0.29) is 5.91 Å². The van der Waals surface area contributed by atoms with Gasteiger partial charge >= 0.3 is 0 Å². The summed E-state index contributed by atoms with van der Waals surface area (Å²) >= 11 is 0. The van der Waals surface area contributed by atoms with Crippen molar-refractivity contribution >= 4 is 5.91 Å². The molecule has 2 atom stereocenters. The van der Waals surface area contributed by atoms with E-state index in [1.165, 1.54) is 44.9 Å². The van der Waals surface area contributed by atoms with Crippen LogP contribution in [0, 0.1) is 11.8 Å². The van der Waals surface area contributed by atoms with Crippen LogP contribution in [0.15, 0.2) is 0 Å². The molecule has 1 amide bonds. The molecule has 0 aliphatic heterocycles. The Morgan fingerprint density at radius 1 is 1.05 bits per heavy atom. The molecule has 0 heterocycles. The van der Waals surface area contributed by atoms with Gasteiger partial charge in [-0.2, -0.15) is 0 Å². The molecule has 3 heteroatoms. The van der Waals surface area contributed by atoms with Crippen LogP contribution in [0.3, 0.4) is 0 Å². The monoisotopic (exact) mass is 280 g/mol. The van der Waals surface area contributed by atoms with E-state index in [2.05, 4.69) is 19.2 Å². The minimum absolute atomic E-state index is 0.111. The van der Waals surface area contributed by atoms with Crippen molar-refractivity contribution in [2.75, 3.05) is 0 Å². The van der Waals surface area contributed by atoms with E-state index in [0.717, 1.165) is 19.3 Å². The lowest BCUT2D eigenvalue weighted by atomic mass is 9.67. The first-order valence-electron chi connectivity index (χ1n) is 8.64. The van der Waals surface area contributed by atoms with Gasteiger partial charge < -0.3 is 11.1 Å². The molecule has 2 unspecified atom stereocenters. The normalized spacial score (nSPS) is 33.0. The lowest BCUT2D eigenvalue weighted by molar-refractivity contribution is -0.130. The Kier molecular flexibility index (Phi) is 5.48. The van der Waals surface area contributed by atoms with E-state index in [9.17, 15) is 4.79 Å². The zero-order valence-electron chi connectivity index (χ0n) is 13.3. The minimum atomic E-state index is -0.443. The first-order chi connectivity index (χ1) is 9.56. The van der Waals surface area contributed by atoms with Crippen molar-refractivity contribution in [3.8, 4) is 0 Å². The molecular formula is C17H32N2O. The van der Waals surface area contributed by atoms with Crippen molar-refractivity contribution in [2.45, 2.75) is 89.6 Å². The van der Waals surface area contributed by atoms with E-state index in [1.54, 1.807) is 0 Å². The Morgan fingerprint density at radius 3 is 2.20 bits per heavy atom. The molecule has 0 aromatic carbocycles. The molecule has 116 valence electrons. The molecule has 0 saturated heterocycles. The molecule has 2 aliphatic rings. The summed E-state index contributed by atoms with van der Waals surface area (Å²) in [7, 11) is 0. The number of carbonyl (C=O) groups excluding carboxylic acids is 1. The van der Waals surface area contributed by atoms with Crippen molar-refractivity contribution in [3.05, 3.63) is 0 Å². The molecule has 2 saturated carbocycles. The molecule has 3 N–H and O–H groups in total. The molecular weight excluding hydrogens is 248 g/mol. The first kappa shape index (κ1) is 15.8. The van der Waals surface area contributed by atoms with Gasteiger partial charge in [0.1, 0.15) is 5.54 Å². The average Bonchev–Trinajstić information content (AvgIpc) is 2.67. The Hall–Kier alpha value is -0.570. The number of nitrogens with two attached hydrogens (primary N) is 1. The van der Waals surface area contributed by atoms with Gasteiger partial charge in [0.15, 0.2) is 0 Å². The minimum Gasteiger partial charge on any atom is -0.368 e. The number of hydrogen-bond donors (Lipinski definition) is 2. The Labute approximate surface area is 124 Å². The Bertz CT molecular complexity index is 321. The fourth-order valence-corrected chi connectivity index (χ4v) is 4.45. The summed E-state index contributed by atoms with van der Waals surface area (Å²) in [6.45, 7) is 4.48. The lowest BCUT2D eigenvalue weighted by Gasteiger charge is -2.46. The third kappa shape index (κ3) is 3.36. The van der Waals surface area contributed by atoms with E-state index >= 15 is 0 Å². The fourth-order valence-electron chi connectivity index (χ4n) is 4.45. The third-order valence-electron chi connectivity index (χ3n) is 5.53. The second kappa shape index (κ2) is 6.93. The highest BCUT2D eigenvalue weighted by molar-refractivity contribution is 5.85. The molecule has 2 fully saturated rings. The molecule has 20 heavy (non-hydrogen) atoms. The summed E-state index contributed by atoms with van der Waals surface area (Å²) in [5.74, 6) is 0.804. The smallest absolute Gasteiger partial charge is 0.238 e. The van der Waals surface area contributed by atoms with Crippen LogP contribution in [0.5, 0.6) is 0 Å². The second-order valence-corrected chi connectivity index (χ2v) is 7.26. The Balaban J connectivity index is 2.16. The van der Waals surface area contributed by atoms with E-state index < -0.39 is 5.54 Å². The van der Waals surface area contributed by atoms with Gasteiger partial charge in [-0.25, -0.2) is 0 Å². The number of carbonyl (C=O) groups is 1. The maximum Gasteiger partial charge on any atom is 0.238 e. The topological polar surface area (TPSA) is 55.1 Å². The summed E-state index contributed by atoms with van der Waals surface area (Å²) < 4.78 is 0. The first-order valence-corrected chi connectivity index (χ1v) is 8.64. The van der Waals surface area contributed by atoms with Crippen LogP contribution in [0.4, 0.5) is 0 Å². The van der Waals surface area contributed by atoms with Gasteiger partial charge in [0.25, 0.3) is 0 Å². The zero-order valence-corrected chi connectivity index (χ0v) is 13.3. The van der Waals surface area contributed by atoms with Crippen LogP contribution in [0.25, 0.3) is 0 Å². The molecule has 2 aliphatic carbocycles. The Morgan fingerprint density at radius 2 is 1.65 bits per heavy atom. The maximum atomic E-state index is 12.3. The van der Waals surface area contributed by atoms with Gasteiger partial charge in [-0.1, -0.05) is 52.4 Å². The highest BCUT2D eigenvalue weighted by Crippen LogP contribution is 2.39. The van der Waals surface area contributed by atoms with Crippen LogP contribution < -0.4 is 11.1 Å². The van der Waals surface area contributed by atoms with Crippen LogP contribution in [0.2, 0.25) is 0 Å². The number of nitrogens with one attached hydrogen (secondary N) is 1. The molecule has 0 aromatic rings. The standard InChI is InChI=1S/C17H32N2O/c1-13(2)15-11-7-8-12-17(15,16(18)20)19-14-9-5-3-4-6-10-14/h13-15,19H,3-12H2,1-2H3,(H2,18,20). The molecule has 0 spiro atoms. The quantitative estimate of drug-likeness (QED) is 0.776. The summed E-state index contributed by atoms with van der Waals surface area (Å²) in [5, 5.41) is 3.77. The van der Waals surface area contributed by atoms with Crippen LogP contribution in [-0.2, 0) is 4.79 Å². The summed E-state index contributed by atoms with van der Waals surface area (Å²) in [6.07, 6.45) is 12.1. The number of amides is 1. The highest BCUT2D eigenvalue weighted by atomic mass is 16.1. The van der Waals surface area contributed by atoms with Crippen molar-refractivity contribution < 1.29 is 4.79 Å². The van der Waals surface area contributed by atoms with Gasteiger partial charge in [-0.15, -0.1) is 0 Å². The van der Waals surface area contributed by atoms with Gasteiger partial charge in [-0.3, -0.25) is 4.79 Å². The predicted octanol–water partition coefficient (Wildman–Crippen LogP) is 3.37. The molecule has 2 rings (SSSR count). The van der Waals surface area contributed by atoms with E-state index in [1.807, 2.05) is 0 Å². The van der Waals surface area contributed by atoms with Gasteiger partial charge in [0, 0.05) is 6.04 Å².